The Labute approximate surface area is 98.1 Å². The van der Waals surface area contributed by atoms with Gasteiger partial charge in [0.25, 0.3) is 0 Å². The second-order valence-corrected chi connectivity index (χ2v) is 5.15. The van der Waals surface area contributed by atoms with Crippen LogP contribution in [0.2, 0.25) is 0 Å². The molecule has 0 aliphatic carbocycles. The number of nitrogens with one attached hydrogen (secondary N) is 1. The molecule has 0 amide bonds. The molecule has 80 valence electrons. The van der Waals surface area contributed by atoms with E-state index in [4.69, 9.17) is 4.74 Å². The summed E-state index contributed by atoms with van der Waals surface area (Å²) in [5.74, 6) is 0. The van der Waals surface area contributed by atoms with Crippen LogP contribution < -0.4 is 5.32 Å². The molecule has 3 heteroatoms. The first-order valence-electron chi connectivity index (χ1n) is 5.47. The third kappa shape index (κ3) is 1.73. The Bertz CT molecular complexity index is 387. The van der Waals surface area contributed by atoms with Gasteiger partial charge in [0.05, 0.1) is 13.2 Å². The highest BCUT2D eigenvalue weighted by Crippen LogP contribution is 2.33. The van der Waals surface area contributed by atoms with E-state index in [1.165, 1.54) is 27.6 Å². The molecule has 2 aliphatic rings. The summed E-state index contributed by atoms with van der Waals surface area (Å²) in [6, 6.07) is 5.03. The highest BCUT2D eigenvalue weighted by atomic mass is 79.9. The Hall–Kier alpha value is -0.380. The van der Waals surface area contributed by atoms with Gasteiger partial charge in [0.2, 0.25) is 0 Å². The number of hydrogen-bond donors (Lipinski definition) is 1. The van der Waals surface area contributed by atoms with Gasteiger partial charge in [-0.1, -0.05) is 15.9 Å². The minimum absolute atomic E-state index is 0.554. The molecule has 0 spiro atoms. The van der Waals surface area contributed by atoms with E-state index < -0.39 is 0 Å². The average Bonchev–Trinajstić information content (AvgIpc) is 2.14. The predicted molar refractivity (Wildman–Crippen MR) is 62.9 cm³/mol. The normalized spacial score (nSPS) is 24.5. The van der Waals surface area contributed by atoms with Crippen molar-refractivity contribution in [1.29, 1.82) is 0 Å². The highest BCUT2D eigenvalue weighted by Gasteiger charge is 2.24. The lowest BCUT2D eigenvalue weighted by Gasteiger charge is -2.32. The minimum Gasteiger partial charge on any atom is -0.376 e. The Kier molecular flexibility index (Phi) is 2.54. The van der Waals surface area contributed by atoms with Crippen LogP contribution in [0.5, 0.6) is 0 Å². The van der Waals surface area contributed by atoms with Gasteiger partial charge in [0.15, 0.2) is 0 Å². The van der Waals surface area contributed by atoms with Gasteiger partial charge in [-0.25, -0.2) is 0 Å². The van der Waals surface area contributed by atoms with Crippen molar-refractivity contribution in [1.82, 2.24) is 5.32 Å². The van der Waals surface area contributed by atoms with Crippen LogP contribution in [-0.2, 0) is 17.8 Å². The largest absolute Gasteiger partial charge is 0.376 e. The lowest BCUT2D eigenvalue weighted by Crippen LogP contribution is -2.36. The molecule has 15 heavy (non-hydrogen) atoms. The first-order chi connectivity index (χ1) is 7.34. The molecule has 0 aromatic heterocycles. The van der Waals surface area contributed by atoms with Gasteiger partial charge in [-0.05, 0) is 48.2 Å². The van der Waals surface area contributed by atoms with Crippen LogP contribution in [0.3, 0.4) is 0 Å². The summed E-state index contributed by atoms with van der Waals surface area (Å²) in [4.78, 5) is 0. The van der Waals surface area contributed by atoms with Crippen LogP contribution in [0.25, 0.3) is 0 Å². The van der Waals surface area contributed by atoms with E-state index in [2.05, 4.69) is 33.4 Å². The molecule has 0 radical (unpaired) electrons. The molecule has 1 fully saturated rings. The molecule has 1 aromatic rings. The monoisotopic (exact) mass is 267 g/mol. The van der Waals surface area contributed by atoms with Crippen LogP contribution in [0.15, 0.2) is 16.6 Å². The summed E-state index contributed by atoms with van der Waals surface area (Å²) in [7, 11) is 0. The van der Waals surface area contributed by atoms with Crippen LogP contribution in [0.4, 0.5) is 0 Å². The molecule has 1 aromatic carbocycles. The quantitative estimate of drug-likeness (QED) is 0.845. The molecular formula is C12H14BrNO. The summed E-state index contributed by atoms with van der Waals surface area (Å²) in [5.41, 5.74) is 4.31. The van der Waals surface area contributed by atoms with E-state index in [-0.39, 0.29) is 0 Å². The molecule has 0 saturated carbocycles. The standard InChI is InChI=1S/C12H14BrNO/c13-9-5-8-2-4-15-7-11(8)10(6-9)12-1-3-14-12/h5-6,12,14H,1-4,7H2. The van der Waals surface area contributed by atoms with Crippen LogP contribution in [0, 0.1) is 0 Å². The first kappa shape index (κ1) is 9.82. The predicted octanol–water partition coefficient (Wildman–Crippen LogP) is 2.56. The lowest BCUT2D eigenvalue weighted by atomic mass is 9.89. The maximum Gasteiger partial charge on any atom is 0.0722 e. The molecule has 1 atom stereocenters. The van der Waals surface area contributed by atoms with Gasteiger partial charge in [-0.3, -0.25) is 0 Å². The van der Waals surface area contributed by atoms with Crippen molar-refractivity contribution in [2.75, 3.05) is 13.2 Å². The van der Waals surface area contributed by atoms with E-state index in [0.717, 1.165) is 26.2 Å². The fraction of sp³-hybridized carbons (Fsp3) is 0.500. The molecule has 2 aliphatic heterocycles. The first-order valence-corrected chi connectivity index (χ1v) is 6.26. The SMILES string of the molecule is Brc1cc2c(c(C3CCN3)c1)COCC2. The third-order valence-corrected chi connectivity index (χ3v) is 3.76. The summed E-state index contributed by atoms with van der Waals surface area (Å²) in [5, 5.41) is 3.46. The fourth-order valence-electron chi connectivity index (χ4n) is 2.34. The second kappa shape index (κ2) is 3.89. The highest BCUT2D eigenvalue weighted by molar-refractivity contribution is 9.10. The van der Waals surface area contributed by atoms with Crippen molar-refractivity contribution in [3.8, 4) is 0 Å². The van der Waals surface area contributed by atoms with Crippen LogP contribution in [-0.4, -0.2) is 13.2 Å². The molecule has 1 saturated heterocycles. The van der Waals surface area contributed by atoms with Crippen LogP contribution in [0.1, 0.15) is 29.2 Å². The van der Waals surface area contributed by atoms with E-state index in [1.807, 2.05) is 0 Å². The van der Waals surface area contributed by atoms with Gasteiger partial charge in [-0.15, -0.1) is 0 Å². The zero-order valence-electron chi connectivity index (χ0n) is 8.55. The maximum absolute atomic E-state index is 5.55. The fourth-order valence-corrected chi connectivity index (χ4v) is 2.86. The molecule has 2 heterocycles. The smallest absolute Gasteiger partial charge is 0.0722 e. The number of halogens is 1. The van der Waals surface area contributed by atoms with Crippen molar-refractivity contribution in [3.05, 3.63) is 33.3 Å². The third-order valence-electron chi connectivity index (χ3n) is 3.30. The minimum atomic E-state index is 0.554. The Balaban J connectivity index is 2.06. The van der Waals surface area contributed by atoms with Crippen molar-refractivity contribution >= 4 is 15.9 Å². The van der Waals surface area contributed by atoms with Gasteiger partial charge in [-0.2, -0.15) is 0 Å². The van der Waals surface area contributed by atoms with E-state index in [0.29, 0.717) is 6.04 Å². The summed E-state index contributed by atoms with van der Waals surface area (Å²) in [6.45, 7) is 2.80. The van der Waals surface area contributed by atoms with Crippen molar-refractivity contribution < 1.29 is 4.74 Å². The van der Waals surface area contributed by atoms with Gasteiger partial charge in [0, 0.05) is 10.5 Å². The molecule has 1 N–H and O–H groups in total. The Morgan fingerprint density at radius 2 is 2.27 bits per heavy atom. The molecule has 1 unspecified atom stereocenters. The number of hydrogen-bond acceptors (Lipinski definition) is 2. The van der Waals surface area contributed by atoms with Gasteiger partial charge in [0.1, 0.15) is 0 Å². The summed E-state index contributed by atoms with van der Waals surface area (Å²) in [6.07, 6.45) is 2.30. The topological polar surface area (TPSA) is 21.3 Å². The summed E-state index contributed by atoms with van der Waals surface area (Å²) >= 11 is 3.59. The van der Waals surface area contributed by atoms with E-state index in [1.54, 1.807) is 0 Å². The Morgan fingerprint density at radius 3 is 3.00 bits per heavy atom. The molecule has 2 nitrogen and oxygen atoms in total. The van der Waals surface area contributed by atoms with Gasteiger partial charge < -0.3 is 10.1 Å². The van der Waals surface area contributed by atoms with E-state index in [9.17, 15) is 0 Å². The van der Waals surface area contributed by atoms with Crippen molar-refractivity contribution in [2.45, 2.75) is 25.5 Å². The number of benzene rings is 1. The second-order valence-electron chi connectivity index (χ2n) is 4.23. The van der Waals surface area contributed by atoms with Crippen LogP contribution >= 0.6 is 15.9 Å². The zero-order chi connectivity index (χ0) is 10.3. The zero-order valence-corrected chi connectivity index (χ0v) is 10.1. The number of rotatable bonds is 1. The Morgan fingerprint density at radius 1 is 1.40 bits per heavy atom. The number of ether oxygens (including phenoxy) is 1. The van der Waals surface area contributed by atoms with Crippen molar-refractivity contribution in [3.63, 3.8) is 0 Å². The number of fused-ring (bicyclic) bond motifs is 1. The molecule has 0 bridgehead atoms. The van der Waals surface area contributed by atoms with E-state index >= 15 is 0 Å². The average molecular weight is 268 g/mol. The van der Waals surface area contributed by atoms with Crippen molar-refractivity contribution in [2.24, 2.45) is 0 Å². The molecule has 3 rings (SSSR count). The van der Waals surface area contributed by atoms with Gasteiger partial charge >= 0.3 is 0 Å². The maximum atomic E-state index is 5.55. The summed E-state index contributed by atoms with van der Waals surface area (Å²) < 4.78 is 6.75. The molecular weight excluding hydrogens is 254 g/mol. The lowest BCUT2D eigenvalue weighted by molar-refractivity contribution is 0.109.